The summed E-state index contributed by atoms with van der Waals surface area (Å²) in [5.74, 6) is -1.74. The molecule has 3 rings (SSSR count). The van der Waals surface area contributed by atoms with Crippen molar-refractivity contribution in [3.8, 4) is 0 Å². The van der Waals surface area contributed by atoms with Crippen LogP contribution in [0, 0.1) is 32.6 Å². The topological polar surface area (TPSA) is 48.9 Å². The number of imidazole rings is 1. The first kappa shape index (κ1) is 20.6. The summed E-state index contributed by atoms with van der Waals surface area (Å²) in [6.45, 7) is 15.0. The lowest BCUT2D eigenvalue weighted by atomic mass is 9.76. The summed E-state index contributed by atoms with van der Waals surface area (Å²) in [6.07, 6.45) is -0.249. The van der Waals surface area contributed by atoms with E-state index in [-0.39, 0.29) is 29.6 Å². The monoisotopic (exact) mass is 388 g/mol. The SMILES string of the molecule is CCC(F)(F)c1c(C)c(C)c2[nH]c(C3=C(O)C(C)=C(C)C(C)C3C)nc2c1C. The molecule has 2 unspecified atom stereocenters. The first-order valence-corrected chi connectivity index (χ1v) is 9.92. The van der Waals surface area contributed by atoms with Gasteiger partial charge in [0.15, 0.2) is 0 Å². The van der Waals surface area contributed by atoms with Crippen molar-refractivity contribution in [2.75, 3.05) is 0 Å². The zero-order chi connectivity index (χ0) is 21.1. The van der Waals surface area contributed by atoms with Crippen LogP contribution in [-0.2, 0) is 5.92 Å². The van der Waals surface area contributed by atoms with E-state index >= 15 is 0 Å². The summed E-state index contributed by atoms with van der Waals surface area (Å²) in [5, 5.41) is 10.8. The molecule has 0 saturated heterocycles. The van der Waals surface area contributed by atoms with Crippen LogP contribution in [0.1, 0.15) is 69.1 Å². The van der Waals surface area contributed by atoms with Crippen LogP contribution >= 0.6 is 0 Å². The molecule has 0 saturated carbocycles. The molecular weight excluding hydrogens is 358 g/mol. The molecule has 1 aliphatic carbocycles. The van der Waals surface area contributed by atoms with Crippen LogP contribution in [0.25, 0.3) is 16.6 Å². The molecule has 0 spiro atoms. The normalized spacial score (nSPS) is 21.2. The van der Waals surface area contributed by atoms with E-state index in [1.807, 2.05) is 20.8 Å². The van der Waals surface area contributed by atoms with Gasteiger partial charge >= 0.3 is 0 Å². The minimum atomic E-state index is -2.89. The lowest BCUT2D eigenvalue weighted by molar-refractivity contribution is -0.00942. The number of fused-ring (bicyclic) bond motifs is 1. The van der Waals surface area contributed by atoms with Gasteiger partial charge in [-0.2, -0.15) is 0 Å². The Morgan fingerprint density at radius 3 is 2.18 bits per heavy atom. The molecule has 2 N–H and O–H groups in total. The fourth-order valence-electron chi connectivity index (χ4n) is 4.44. The van der Waals surface area contributed by atoms with E-state index in [0.717, 1.165) is 27.8 Å². The summed E-state index contributed by atoms with van der Waals surface area (Å²) in [6, 6.07) is 0. The van der Waals surface area contributed by atoms with Gasteiger partial charge in [0.1, 0.15) is 11.6 Å². The van der Waals surface area contributed by atoms with Crippen LogP contribution in [0.15, 0.2) is 16.9 Å². The molecule has 3 nitrogen and oxygen atoms in total. The number of benzene rings is 1. The lowest BCUT2D eigenvalue weighted by Crippen LogP contribution is -2.20. The van der Waals surface area contributed by atoms with Crippen LogP contribution in [0.2, 0.25) is 0 Å². The van der Waals surface area contributed by atoms with Crippen molar-refractivity contribution < 1.29 is 13.9 Å². The molecule has 152 valence electrons. The fourth-order valence-corrected chi connectivity index (χ4v) is 4.44. The van der Waals surface area contributed by atoms with Gasteiger partial charge in [0, 0.05) is 17.6 Å². The third-order valence-corrected chi connectivity index (χ3v) is 6.90. The van der Waals surface area contributed by atoms with Crippen molar-refractivity contribution in [3.63, 3.8) is 0 Å². The van der Waals surface area contributed by atoms with E-state index in [9.17, 15) is 13.9 Å². The maximum absolute atomic E-state index is 14.7. The van der Waals surface area contributed by atoms with Crippen LogP contribution in [0.3, 0.4) is 0 Å². The van der Waals surface area contributed by atoms with Gasteiger partial charge in [-0.1, -0.05) is 26.3 Å². The number of rotatable bonds is 3. The number of aliphatic hydroxyl groups excluding tert-OH is 1. The molecule has 1 aliphatic rings. The van der Waals surface area contributed by atoms with Gasteiger partial charge < -0.3 is 10.1 Å². The van der Waals surface area contributed by atoms with Crippen LogP contribution < -0.4 is 0 Å². The Labute approximate surface area is 165 Å². The number of alkyl halides is 2. The van der Waals surface area contributed by atoms with E-state index in [1.165, 1.54) is 6.92 Å². The first-order chi connectivity index (χ1) is 12.9. The summed E-state index contributed by atoms with van der Waals surface area (Å²) >= 11 is 0. The molecule has 28 heavy (non-hydrogen) atoms. The molecule has 0 fully saturated rings. The largest absolute Gasteiger partial charge is 0.507 e. The Balaban J connectivity index is 2.33. The Hall–Kier alpha value is -2.17. The van der Waals surface area contributed by atoms with E-state index in [2.05, 4.69) is 18.8 Å². The van der Waals surface area contributed by atoms with Gasteiger partial charge in [0.25, 0.3) is 5.92 Å². The third kappa shape index (κ3) is 2.78. The molecule has 5 heteroatoms. The van der Waals surface area contributed by atoms with Gasteiger partial charge in [-0.25, -0.2) is 13.8 Å². The molecule has 0 aliphatic heterocycles. The van der Waals surface area contributed by atoms with Crippen LogP contribution in [0.5, 0.6) is 0 Å². The molecule has 0 bridgehead atoms. The minimum absolute atomic E-state index is 0.0718. The molecule has 0 amide bonds. The maximum Gasteiger partial charge on any atom is 0.273 e. The zero-order valence-corrected chi connectivity index (χ0v) is 18.0. The number of aromatic nitrogens is 2. The van der Waals surface area contributed by atoms with Crippen molar-refractivity contribution >= 4 is 16.6 Å². The van der Waals surface area contributed by atoms with Gasteiger partial charge in [-0.05, 0) is 68.7 Å². The molecule has 2 aromatic rings. The Morgan fingerprint density at radius 1 is 1.00 bits per heavy atom. The summed E-state index contributed by atoms with van der Waals surface area (Å²) in [7, 11) is 0. The average molecular weight is 389 g/mol. The lowest BCUT2D eigenvalue weighted by Gasteiger charge is -2.30. The molecule has 0 radical (unpaired) electrons. The van der Waals surface area contributed by atoms with Gasteiger partial charge in [-0.3, -0.25) is 0 Å². The molecular formula is C23H30F2N2O. The number of aliphatic hydroxyl groups is 1. The summed E-state index contributed by atoms with van der Waals surface area (Å²) in [5.41, 5.74) is 6.08. The molecule has 1 aromatic carbocycles. The average Bonchev–Trinajstić information content (AvgIpc) is 3.08. The van der Waals surface area contributed by atoms with E-state index in [4.69, 9.17) is 4.98 Å². The number of hydrogen-bond donors (Lipinski definition) is 2. The number of halogens is 2. The Kier molecular flexibility index (Phi) is 4.93. The van der Waals surface area contributed by atoms with Crippen molar-refractivity contribution in [1.29, 1.82) is 0 Å². The number of hydrogen-bond acceptors (Lipinski definition) is 2. The fraction of sp³-hybridized carbons (Fsp3) is 0.522. The van der Waals surface area contributed by atoms with Gasteiger partial charge in [0.2, 0.25) is 0 Å². The number of aryl methyl sites for hydroxylation is 2. The van der Waals surface area contributed by atoms with Crippen molar-refractivity contribution in [3.05, 3.63) is 45.0 Å². The standard InChI is InChI=1S/C23H30F2N2O/c1-9-23(24,25)18-13(5)14(6)19-20(16(18)8)27-22(26-19)17-12(4)10(2)11(3)15(7)21(17)28/h10,12,28H,9H2,1-8H3,(H,26,27). The van der Waals surface area contributed by atoms with Crippen LogP contribution in [-0.4, -0.2) is 15.1 Å². The molecule has 2 atom stereocenters. The van der Waals surface area contributed by atoms with Crippen LogP contribution in [0.4, 0.5) is 8.78 Å². The predicted molar refractivity (Wildman–Crippen MR) is 111 cm³/mol. The highest BCUT2D eigenvalue weighted by Gasteiger charge is 2.36. The summed E-state index contributed by atoms with van der Waals surface area (Å²) < 4.78 is 29.3. The second-order valence-electron chi connectivity index (χ2n) is 8.26. The number of allylic oxidation sites excluding steroid dienone is 3. The van der Waals surface area contributed by atoms with E-state index in [0.29, 0.717) is 22.5 Å². The number of nitrogens with one attached hydrogen (secondary N) is 1. The second kappa shape index (κ2) is 6.71. The number of H-pyrrole nitrogens is 1. The highest BCUT2D eigenvalue weighted by Crippen LogP contribution is 2.44. The van der Waals surface area contributed by atoms with E-state index < -0.39 is 5.92 Å². The maximum atomic E-state index is 14.7. The zero-order valence-electron chi connectivity index (χ0n) is 18.0. The highest BCUT2D eigenvalue weighted by molar-refractivity contribution is 5.88. The Morgan fingerprint density at radius 2 is 1.61 bits per heavy atom. The van der Waals surface area contributed by atoms with Crippen molar-refractivity contribution in [2.45, 2.75) is 67.7 Å². The highest BCUT2D eigenvalue weighted by atomic mass is 19.3. The number of aromatic amines is 1. The second-order valence-corrected chi connectivity index (χ2v) is 8.26. The van der Waals surface area contributed by atoms with Crippen molar-refractivity contribution in [1.82, 2.24) is 9.97 Å². The molecule has 1 heterocycles. The summed E-state index contributed by atoms with van der Waals surface area (Å²) in [4.78, 5) is 8.04. The van der Waals surface area contributed by atoms with Gasteiger partial charge in [0.05, 0.1) is 11.0 Å². The predicted octanol–water partition coefficient (Wildman–Crippen LogP) is 6.88. The number of nitrogens with zero attached hydrogens (tertiary/aromatic N) is 1. The molecule has 1 aromatic heterocycles. The quantitative estimate of drug-likeness (QED) is 0.602. The smallest absolute Gasteiger partial charge is 0.273 e. The van der Waals surface area contributed by atoms with Crippen molar-refractivity contribution in [2.24, 2.45) is 11.8 Å². The third-order valence-electron chi connectivity index (χ3n) is 6.90. The van der Waals surface area contributed by atoms with Gasteiger partial charge in [-0.15, -0.1) is 0 Å². The Bertz CT molecular complexity index is 1030. The first-order valence-electron chi connectivity index (χ1n) is 9.92. The van der Waals surface area contributed by atoms with E-state index in [1.54, 1.807) is 13.8 Å². The minimum Gasteiger partial charge on any atom is -0.507 e.